The maximum atomic E-state index is 13.7. The lowest BCUT2D eigenvalue weighted by molar-refractivity contribution is 0.233. The lowest BCUT2D eigenvalue weighted by Gasteiger charge is -2.24. The molecule has 112 valence electrons. The largest absolute Gasteiger partial charge is 0.399 e. The van der Waals surface area contributed by atoms with Crippen LogP contribution in [-0.4, -0.2) is 27.2 Å². The zero-order valence-electron chi connectivity index (χ0n) is 11.9. The number of hydrogen-bond acceptors (Lipinski definition) is 6. The highest BCUT2D eigenvalue weighted by Crippen LogP contribution is 2.20. The normalized spacial score (nSPS) is 11.2. The molecule has 7 heteroatoms. The van der Waals surface area contributed by atoms with Gasteiger partial charge in [0.25, 0.3) is 0 Å². The number of benzene rings is 1. The van der Waals surface area contributed by atoms with E-state index >= 15 is 0 Å². The molecule has 0 fully saturated rings. The fraction of sp³-hybridized carbons (Fsp3) is 0.286. The van der Waals surface area contributed by atoms with E-state index in [9.17, 15) is 9.50 Å². The van der Waals surface area contributed by atoms with Crippen LogP contribution in [0.25, 0.3) is 0 Å². The number of halogens is 1. The molecule has 0 radical (unpaired) electrons. The molecule has 0 saturated carbocycles. The number of aliphatic hydroxyl groups is 1. The minimum absolute atomic E-state index is 0.0236. The van der Waals surface area contributed by atoms with E-state index in [1.54, 1.807) is 38.1 Å². The van der Waals surface area contributed by atoms with Crippen molar-refractivity contribution >= 4 is 23.1 Å². The summed E-state index contributed by atoms with van der Waals surface area (Å²) >= 11 is 0. The first-order valence-corrected chi connectivity index (χ1v) is 6.44. The summed E-state index contributed by atoms with van der Waals surface area (Å²) in [5.74, 6) is -0.330. The average molecular weight is 291 g/mol. The third-order valence-corrected chi connectivity index (χ3v) is 2.74. The van der Waals surface area contributed by atoms with Crippen molar-refractivity contribution in [2.75, 3.05) is 23.0 Å². The fourth-order valence-corrected chi connectivity index (χ4v) is 1.62. The van der Waals surface area contributed by atoms with Crippen molar-refractivity contribution in [2.24, 2.45) is 0 Å². The second kappa shape index (κ2) is 5.92. The molecule has 0 aliphatic carbocycles. The summed E-state index contributed by atoms with van der Waals surface area (Å²) in [6, 6.07) is 7.06. The minimum Gasteiger partial charge on any atom is -0.399 e. The van der Waals surface area contributed by atoms with Crippen molar-refractivity contribution in [3.05, 3.63) is 36.3 Å². The average Bonchev–Trinajstić information content (AvgIpc) is 2.42. The molecule has 2 aromatic rings. The van der Waals surface area contributed by atoms with E-state index in [4.69, 9.17) is 5.73 Å². The highest BCUT2D eigenvalue weighted by Gasteiger charge is 2.19. The van der Waals surface area contributed by atoms with E-state index in [1.165, 1.54) is 0 Å². The van der Waals surface area contributed by atoms with Gasteiger partial charge < -0.3 is 21.5 Å². The molecule has 5 N–H and O–H groups in total. The summed E-state index contributed by atoms with van der Waals surface area (Å²) in [5, 5.41) is 15.0. The topological polar surface area (TPSA) is 96.1 Å². The number of anilines is 4. The van der Waals surface area contributed by atoms with Gasteiger partial charge in [0, 0.05) is 11.4 Å². The van der Waals surface area contributed by atoms with Crippen LogP contribution in [0, 0.1) is 5.82 Å². The zero-order chi connectivity index (χ0) is 15.5. The molecule has 0 spiro atoms. The van der Waals surface area contributed by atoms with Crippen molar-refractivity contribution in [3.63, 3.8) is 0 Å². The van der Waals surface area contributed by atoms with Gasteiger partial charge in [-0.2, -0.15) is 4.98 Å². The van der Waals surface area contributed by atoms with Crippen LogP contribution in [0.5, 0.6) is 0 Å². The van der Waals surface area contributed by atoms with Gasteiger partial charge in [0.05, 0.1) is 18.3 Å². The van der Waals surface area contributed by atoms with Crippen molar-refractivity contribution in [3.8, 4) is 0 Å². The zero-order valence-corrected chi connectivity index (χ0v) is 11.9. The summed E-state index contributed by atoms with van der Waals surface area (Å²) in [4.78, 5) is 7.95. The Balaban J connectivity index is 2.22. The van der Waals surface area contributed by atoms with Gasteiger partial charge in [-0.25, -0.2) is 9.37 Å². The Bertz CT molecular complexity index is 633. The Morgan fingerprint density at radius 3 is 2.81 bits per heavy atom. The first-order chi connectivity index (χ1) is 9.89. The van der Waals surface area contributed by atoms with Gasteiger partial charge >= 0.3 is 0 Å². The summed E-state index contributed by atoms with van der Waals surface area (Å²) in [6.45, 7) is 3.31. The molecule has 0 atom stereocenters. The Hall–Kier alpha value is -2.41. The highest BCUT2D eigenvalue weighted by atomic mass is 19.1. The first kappa shape index (κ1) is 15.0. The van der Waals surface area contributed by atoms with Gasteiger partial charge in [-0.3, -0.25) is 0 Å². The predicted octanol–water partition coefficient (Wildman–Crippen LogP) is 2.12. The van der Waals surface area contributed by atoms with Gasteiger partial charge in [0.1, 0.15) is 0 Å². The predicted molar refractivity (Wildman–Crippen MR) is 80.9 cm³/mol. The van der Waals surface area contributed by atoms with Crippen LogP contribution in [0.4, 0.5) is 27.5 Å². The van der Waals surface area contributed by atoms with Crippen LogP contribution in [0.15, 0.2) is 30.5 Å². The van der Waals surface area contributed by atoms with Crippen LogP contribution in [-0.2, 0) is 0 Å². The standard InChI is InChI=1S/C14H18FN5O/c1-14(2,8-21)20-12-11(15)7-17-13(19-12)18-10-5-3-4-9(16)6-10/h3-7,21H,8,16H2,1-2H3,(H2,17,18,19,20). The number of aliphatic hydroxyl groups excluding tert-OH is 1. The molecule has 0 saturated heterocycles. The van der Waals surface area contributed by atoms with Crippen LogP contribution in [0.1, 0.15) is 13.8 Å². The van der Waals surface area contributed by atoms with Gasteiger partial charge in [-0.1, -0.05) is 6.07 Å². The highest BCUT2D eigenvalue weighted by molar-refractivity contribution is 5.60. The van der Waals surface area contributed by atoms with E-state index in [2.05, 4.69) is 20.6 Å². The number of rotatable bonds is 5. The molecule has 0 aliphatic rings. The molecule has 0 bridgehead atoms. The van der Waals surface area contributed by atoms with E-state index in [0.717, 1.165) is 6.20 Å². The summed E-state index contributed by atoms with van der Waals surface area (Å²) in [6.07, 6.45) is 1.07. The van der Waals surface area contributed by atoms with E-state index in [1.807, 2.05) is 0 Å². The van der Waals surface area contributed by atoms with Crippen LogP contribution in [0.2, 0.25) is 0 Å². The summed E-state index contributed by atoms with van der Waals surface area (Å²) in [5.41, 5.74) is 6.30. The quantitative estimate of drug-likeness (QED) is 0.630. The Kier molecular flexibility index (Phi) is 4.23. The summed E-state index contributed by atoms with van der Waals surface area (Å²) < 4.78 is 13.7. The smallest absolute Gasteiger partial charge is 0.229 e. The van der Waals surface area contributed by atoms with Crippen molar-refractivity contribution < 1.29 is 9.50 Å². The molecule has 0 aliphatic heterocycles. The second-order valence-electron chi connectivity index (χ2n) is 5.31. The minimum atomic E-state index is -0.691. The van der Waals surface area contributed by atoms with E-state index in [0.29, 0.717) is 11.4 Å². The van der Waals surface area contributed by atoms with Crippen LogP contribution >= 0.6 is 0 Å². The fourth-order valence-electron chi connectivity index (χ4n) is 1.62. The maximum absolute atomic E-state index is 13.7. The number of nitrogens with one attached hydrogen (secondary N) is 2. The van der Waals surface area contributed by atoms with Crippen molar-refractivity contribution in [1.82, 2.24) is 9.97 Å². The molecule has 0 amide bonds. The molecule has 1 aromatic carbocycles. The lowest BCUT2D eigenvalue weighted by atomic mass is 10.1. The van der Waals surface area contributed by atoms with Crippen LogP contribution in [0.3, 0.4) is 0 Å². The molecule has 1 heterocycles. The van der Waals surface area contributed by atoms with Crippen molar-refractivity contribution in [1.29, 1.82) is 0 Å². The SMILES string of the molecule is CC(C)(CO)Nc1nc(Nc2cccc(N)c2)ncc1F. The van der Waals surface area contributed by atoms with E-state index < -0.39 is 11.4 Å². The third-order valence-electron chi connectivity index (χ3n) is 2.74. The van der Waals surface area contributed by atoms with Gasteiger partial charge in [-0.15, -0.1) is 0 Å². The Morgan fingerprint density at radius 1 is 1.38 bits per heavy atom. The number of aromatic nitrogens is 2. The maximum Gasteiger partial charge on any atom is 0.229 e. The molecule has 21 heavy (non-hydrogen) atoms. The first-order valence-electron chi connectivity index (χ1n) is 6.44. The monoisotopic (exact) mass is 291 g/mol. The Labute approximate surface area is 122 Å². The third kappa shape index (κ3) is 4.03. The number of nitrogens with zero attached hydrogens (tertiary/aromatic N) is 2. The Morgan fingerprint density at radius 2 is 2.14 bits per heavy atom. The van der Waals surface area contributed by atoms with E-state index in [-0.39, 0.29) is 18.4 Å². The molecular formula is C14H18FN5O. The van der Waals surface area contributed by atoms with Gasteiger partial charge in [-0.05, 0) is 32.0 Å². The molecular weight excluding hydrogens is 273 g/mol. The van der Waals surface area contributed by atoms with Crippen molar-refractivity contribution in [2.45, 2.75) is 19.4 Å². The molecule has 1 aromatic heterocycles. The number of nitrogens with two attached hydrogens (primary N) is 1. The number of nitrogen functional groups attached to an aromatic ring is 1. The molecule has 2 rings (SSSR count). The molecule has 0 unspecified atom stereocenters. The van der Waals surface area contributed by atoms with Gasteiger partial charge in [0.15, 0.2) is 11.6 Å². The van der Waals surface area contributed by atoms with Crippen LogP contribution < -0.4 is 16.4 Å². The summed E-state index contributed by atoms with van der Waals surface area (Å²) in [7, 11) is 0. The molecule has 6 nitrogen and oxygen atoms in total. The lowest BCUT2D eigenvalue weighted by Crippen LogP contribution is -2.35. The second-order valence-corrected chi connectivity index (χ2v) is 5.31. The number of hydrogen-bond donors (Lipinski definition) is 4. The van der Waals surface area contributed by atoms with Gasteiger partial charge in [0.2, 0.25) is 5.95 Å².